The molecule has 2 unspecified atom stereocenters. The number of aliphatic hydroxyl groups excluding tert-OH is 1. The first kappa shape index (κ1) is 27.8. The van der Waals surface area contributed by atoms with E-state index in [0.29, 0.717) is 59.7 Å². The summed E-state index contributed by atoms with van der Waals surface area (Å²) in [5.74, 6) is 2.21. The SMILES string of the molecule is CNCC(O)COc1cccc(-c2nc(-c3c(C)noc3C)cc(N3CCN(CC(F)(F)F)C(C)C3)n2)c1. The Morgan fingerprint density at radius 2 is 2.00 bits per heavy atom. The van der Waals surface area contributed by atoms with Crippen LogP contribution in [0.1, 0.15) is 18.4 Å². The molecule has 1 saturated heterocycles. The number of aryl methyl sites for hydroxylation is 2. The molecule has 38 heavy (non-hydrogen) atoms. The van der Waals surface area contributed by atoms with Gasteiger partial charge in [0, 0.05) is 43.9 Å². The predicted octanol–water partition coefficient (Wildman–Crippen LogP) is 3.45. The van der Waals surface area contributed by atoms with E-state index in [9.17, 15) is 18.3 Å². The minimum Gasteiger partial charge on any atom is -0.491 e. The Morgan fingerprint density at radius 1 is 1.21 bits per heavy atom. The second kappa shape index (κ2) is 11.7. The van der Waals surface area contributed by atoms with Crippen LogP contribution >= 0.6 is 0 Å². The van der Waals surface area contributed by atoms with Gasteiger partial charge in [0.15, 0.2) is 5.82 Å². The number of hydrogen-bond donors (Lipinski definition) is 2. The molecule has 0 amide bonds. The Labute approximate surface area is 219 Å². The largest absolute Gasteiger partial charge is 0.491 e. The van der Waals surface area contributed by atoms with Crippen LogP contribution < -0.4 is 15.0 Å². The van der Waals surface area contributed by atoms with Crippen molar-refractivity contribution in [3.05, 3.63) is 41.8 Å². The third kappa shape index (κ3) is 6.80. The van der Waals surface area contributed by atoms with Crippen LogP contribution in [0.5, 0.6) is 5.75 Å². The van der Waals surface area contributed by atoms with E-state index in [0.717, 1.165) is 5.56 Å². The van der Waals surface area contributed by atoms with E-state index in [2.05, 4.69) is 10.5 Å². The number of anilines is 1. The highest BCUT2D eigenvalue weighted by Crippen LogP contribution is 2.32. The number of rotatable bonds is 9. The fourth-order valence-corrected chi connectivity index (χ4v) is 4.58. The van der Waals surface area contributed by atoms with Gasteiger partial charge in [0.25, 0.3) is 0 Å². The van der Waals surface area contributed by atoms with Gasteiger partial charge in [-0.15, -0.1) is 0 Å². The zero-order chi connectivity index (χ0) is 27.4. The summed E-state index contributed by atoms with van der Waals surface area (Å²) in [6, 6.07) is 8.78. The van der Waals surface area contributed by atoms with E-state index in [1.54, 1.807) is 33.0 Å². The summed E-state index contributed by atoms with van der Waals surface area (Å²) in [7, 11) is 1.75. The molecule has 1 aliphatic rings. The molecule has 3 heterocycles. The molecule has 3 aromatic rings. The van der Waals surface area contributed by atoms with Crippen molar-refractivity contribution in [2.24, 2.45) is 0 Å². The molecule has 206 valence electrons. The number of halogens is 3. The van der Waals surface area contributed by atoms with Gasteiger partial charge in [-0.05, 0) is 40.0 Å². The van der Waals surface area contributed by atoms with Gasteiger partial charge in [-0.1, -0.05) is 17.3 Å². The van der Waals surface area contributed by atoms with E-state index in [4.69, 9.17) is 19.2 Å². The smallest absolute Gasteiger partial charge is 0.401 e. The number of benzene rings is 1. The molecule has 0 bridgehead atoms. The molecule has 2 atom stereocenters. The van der Waals surface area contributed by atoms with Gasteiger partial charge >= 0.3 is 6.18 Å². The van der Waals surface area contributed by atoms with Gasteiger partial charge in [-0.2, -0.15) is 13.2 Å². The van der Waals surface area contributed by atoms with E-state index < -0.39 is 18.8 Å². The molecule has 0 radical (unpaired) electrons. The summed E-state index contributed by atoms with van der Waals surface area (Å²) in [5, 5.41) is 16.9. The van der Waals surface area contributed by atoms with Crippen LogP contribution in [0.2, 0.25) is 0 Å². The van der Waals surface area contributed by atoms with Gasteiger partial charge in [-0.3, -0.25) is 4.90 Å². The highest BCUT2D eigenvalue weighted by Gasteiger charge is 2.35. The maximum absolute atomic E-state index is 13.0. The molecule has 1 aliphatic heterocycles. The summed E-state index contributed by atoms with van der Waals surface area (Å²) in [6.45, 7) is 6.06. The lowest BCUT2D eigenvalue weighted by molar-refractivity contribution is -0.150. The first-order valence-electron chi connectivity index (χ1n) is 12.5. The normalized spacial score (nSPS) is 17.6. The van der Waals surface area contributed by atoms with Crippen LogP contribution in [0, 0.1) is 13.8 Å². The Hall–Kier alpha value is -3.22. The molecule has 12 heteroatoms. The Morgan fingerprint density at radius 3 is 2.66 bits per heavy atom. The van der Waals surface area contributed by atoms with E-state index in [1.165, 1.54) is 4.90 Å². The number of aliphatic hydroxyl groups is 1. The highest BCUT2D eigenvalue weighted by molar-refractivity contribution is 5.71. The Bertz CT molecular complexity index is 1220. The van der Waals surface area contributed by atoms with Gasteiger partial charge in [0.2, 0.25) is 0 Å². The lowest BCUT2D eigenvalue weighted by atomic mass is 10.1. The lowest BCUT2D eigenvalue weighted by Crippen LogP contribution is -2.54. The number of nitrogens with one attached hydrogen (secondary N) is 1. The quantitative estimate of drug-likeness (QED) is 0.428. The van der Waals surface area contributed by atoms with Crippen LogP contribution in [-0.4, -0.2) is 89.8 Å². The summed E-state index contributed by atoms with van der Waals surface area (Å²) in [5.41, 5.74) is 2.74. The Balaban J connectivity index is 1.66. The monoisotopic (exact) mass is 534 g/mol. The van der Waals surface area contributed by atoms with Crippen molar-refractivity contribution in [3.63, 3.8) is 0 Å². The molecule has 0 aliphatic carbocycles. The number of hydrogen-bond acceptors (Lipinski definition) is 9. The summed E-state index contributed by atoms with van der Waals surface area (Å²) >= 11 is 0. The number of ether oxygens (including phenoxy) is 1. The number of nitrogens with zero attached hydrogens (tertiary/aromatic N) is 5. The zero-order valence-corrected chi connectivity index (χ0v) is 21.9. The molecule has 0 saturated carbocycles. The second-order valence-electron chi connectivity index (χ2n) is 9.57. The van der Waals surface area contributed by atoms with Crippen molar-refractivity contribution < 1.29 is 27.5 Å². The molecule has 1 fully saturated rings. The number of alkyl halides is 3. The lowest BCUT2D eigenvalue weighted by Gasteiger charge is -2.40. The van der Waals surface area contributed by atoms with Crippen LogP contribution in [0.25, 0.3) is 22.6 Å². The molecular weight excluding hydrogens is 501 g/mol. The number of aromatic nitrogens is 3. The third-order valence-corrected chi connectivity index (χ3v) is 6.45. The molecule has 2 N–H and O–H groups in total. The molecular formula is C26H33F3N6O3. The fraction of sp³-hybridized carbons (Fsp3) is 0.500. The van der Waals surface area contributed by atoms with E-state index in [-0.39, 0.29) is 19.2 Å². The first-order valence-corrected chi connectivity index (χ1v) is 12.5. The Kier molecular flexibility index (Phi) is 8.54. The molecule has 0 spiro atoms. The minimum absolute atomic E-state index is 0.121. The number of likely N-dealkylation sites (N-methyl/N-ethyl adjacent to an activating group) is 1. The van der Waals surface area contributed by atoms with Crippen molar-refractivity contribution >= 4 is 5.82 Å². The fourth-order valence-electron chi connectivity index (χ4n) is 4.58. The van der Waals surface area contributed by atoms with Crippen LogP contribution in [0.3, 0.4) is 0 Å². The van der Waals surface area contributed by atoms with Crippen LogP contribution in [0.15, 0.2) is 34.9 Å². The number of piperazine rings is 1. The summed E-state index contributed by atoms with van der Waals surface area (Å²) in [6.07, 6.45) is -4.90. The first-order chi connectivity index (χ1) is 18.0. The standard InChI is InChI=1S/C26H33F3N6O3/c1-16-13-34(8-9-35(16)15-26(27,28)29)23-11-22(24-17(2)33-38-18(24)3)31-25(32-23)19-6-5-7-21(10-19)37-14-20(36)12-30-4/h5-7,10-11,16,20,30,36H,8-9,12-15H2,1-4H3. The highest BCUT2D eigenvalue weighted by atomic mass is 19.4. The van der Waals surface area contributed by atoms with Crippen LogP contribution in [0.4, 0.5) is 19.0 Å². The topological polar surface area (TPSA) is 99.8 Å². The third-order valence-electron chi connectivity index (χ3n) is 6.45. The minimum atomic E-state index is -4.24. The maximum Gasteiger partial charge on any atom is 0.401 e. The molecule has 2 aromatic heterocycles. The maximum atomic E-state index is 13.0. The van der Waals surface area contributed by atoms with Crippen molar-refractivity contribution in [2.45, 2.75) is 39.1 Å². The average Bonchev–Trinajstić information content (AvgIpc) is 3.21. The summed E-state index contributed by atoms with van der Waals surface area (Å²) in [4.78, 5) is 13.0. The molecule has 4 rings (SSSR count). The average molecular weight is 535 g/mol. The predicted molar refractivity (Wildman–Crippen MR) is 137 cm³/mol. The van der Waals surface area contributed by atoms with Gasteiger partial charge in [0.1, 0.15) is 30.0 Å². The molecule has 9 nitrogen and oxygen atoms in total. The van der Waals surface area contributed by atoms with Gasteiger partial charge in [0.05, 0.1) is 23.5 Å². The summed E-state index contributed by atoms with van der Waals surface area (Å²) < 4.78 is 50.2. The van der Waals surface area contributed by atoms with E-state index >= 15 is 0 Å². The van der Waals surface area contributed by atoms with Crippen molar-refractivity contribution in [3.8, 4) is 28.4 Å². The van der Waals surface area contributed by atoms with Crippen molar-refractivity contribution in [2.75, 3.05) is 51.3 Å². The van der Waals surface area contributed by atoms with Gasteiger partial charge < -0.3 is 24.6 Å². The van der Waals surface area contributed by atoms with E-state index in [1.807, 2.05) is 30.0 Å². The zero-order valence-electron chi connectivity index (χ0n) is 21.9. The second-order valence-corrected chi connectivity index (χ2v) is 9.57. The molecule has 1 aromatic carbocycles. The van der Waals surface area contributed by atoms with Gasteiger partial charge in [-0.25, -0.2) is 9.97 Å². The van der Waals surface area contributed by atoms with Crippen molar-refractivity contribution in [1.82, 2.24) is 25.3 Å². The van der Waals surface area contributed by atoms with Crippen molar-refractivity contribution in [1.29, 1.82) is 0 Å². The van der Waals surface area contributed by atoms with Crippen LogP contribution in [-0.2, 0) is 0 Å².